The molecule has 0 aromatic heterocycles. The number of rotatable bonds is 6. The predicted molar refractivity (Wildman–Crippen MR) is 84.7 cm³/mol. The second-order valence-electron chi connectivity index (χ2n) is 4.37. The molecule has 6 heteroatoms. The van der Waals surface area contributed by atoms with Crippen molar-refractivity contribution < 1.29 is 14.6 Å². The first kappa shape index (κ1) is 15.3. The molecule has 1 N–H and O–H groups in total. The number of benzene rings is 2. The van der Waals surface area contributed by atoms with E-state index in [1.807, 2.05) is 36.4 Å². The molecule has 0 heterocycles. The van der Waals surface area contributed by atoms with E-state index in [-0.39, 0.29) is 12.5 Å². The zero-order chi connectivity index (χ0) is 15.8. The molecule has 2 aromatic carbocycles. The molecule has 0 saturated heterocycles. The van der Waals surface area contributed by atoms with Crippen molar-refractivity contribution in [2.45, 2.75) is 0 Å². The quantitative estimate of drug-likeness (QED) is 0.375. The van der Waals surface area contributed by atoms with Crippen molar-refractivity contribution in [2.24, 2.45) is 5.11 Å². The van der Waals surface area contributed by atoms with E-state index in [1.165, 1.54) is 0 Å². The summed E-state index contributed by atoms with van der Waals surface area (Å²) < 4.78 is 10.5. The molecule has 0 fully saturated rings. The van der Waals surface area contributed by atoms with Crippen LogP contribution in [0.2, 0.25) is 0 Å². The lowest BCUT2D eigenvalue weighted by molar-refractivity contribution is 0.326. The second-order valence-corrected chi connectivity index (χ2v) is 4.37. The summed E-state index contributed by atoms with van der Waals surface area (Å²) in [5, 5.41) is 12.6. The van der Waals surface area contributed by atoms with Crippen molar-refractivity contribution in [2.75, 3.05) is 13.8 Å². The van der Waals surface area contributed by atoms with Gasteiger partial charge >= 0.3 is 0 Å². The molecular weight excluding hydrogens is 282 g/mol. The van der Waals surface area contributed by atoms with Gasteiger partial charge in [-0.15, -0.1) is 0 Å². The largest absolute Gasteiger partial charge is 0.508 e. The molecule has 0 radical (unpaired) electrons. The molecule has 0 aliphatic carbocycles. The van der Waals surface area contributed by atoms with Crippen LogP contribution >= 0.6 is 0 Å². The molecule has 6 nitrogen and oxygen atoms in total. The molecule has 0 bridgehead atoms. The fraction of sp³-hybridized carbons (Fsp3) is 0.125. The van der Waals surface area contributed by atoms with Gasteiger partial charge in [0.15, 0.2) is 6.73 Å². The van der Waals surface area contributed by atoms with Crippen molar-refractivity contribution >= 4 is 12.2 Å². The Balaban J connectivity index is 2.19. The minimum atomic E-state index is -0.0786. The minimum absolute atomic E-state index is 0.0786. The maximum Gasteiger partial charge on any atom is 0.167 e. The molecule has 2 rings (SSSR count). The van der Waals surface area contributed by atoms with Gasteiger partial charge in [0.2, 0.25) is 0 Å². The highest BCUT2D eigenvalue weighted by Gasteiger charge is 2.00. The summed E-state index contributed by atoms with van der Waals surface area (Å²) in [5.41, 5.74) is 10.1. The summed E-state index contributed by atoms with van der Waals surface area (Å²) in [6, 6.07) is 12.3. The average Bonchev–Trinajstić information content (AvgIpc) is 2.54. The fourth-order valence-electron chi connectivity index (χ4n) is 1.80. The number of azide groups is 1. The van der Waals surface area contributed by atoms with E-state index in [2.05, 4.69) is 10.0 Å². The van der Waals surface area contributed by atoms with Gasteiger partial charge in [-0.05, 0) is 40.9 Å². The molecule has 0 saturated carbocycles. The first-order chi connectivity index (χ1) is 10.7. The van der Waals surface area contributed by atoms with Gasteiger partial charge in [-0.2, -0.15) is 0 Å². The summed E-state index contributed by atoms with van der Waals surface area (Å²) in [7, 11) is 1.57. The van der Waals surface area contributed by atoms with E-state index in [9.17, 15) is 5.11 Å². The lowest BCUT2D eigenvalue weighted by atomic mass is 10.1. The molecular formula is C16H15N3O3. The number of phenols is 1. The number of nitrogens with zero attached hydrogens (tertiary/aromatic N) is 3. The van der Waals surface area contributed by atoms with Crippen molar-refractivity contribution in [3.05, 3.63) is 64.0 Å². The SMILES string of the molecule is COc1cc(/C=C/c2ccc(O)cc2)cc(OCN=[N+]=[N-])c1. The lowest BCUT2D eigenvalue weighted by Gasteiger charge is -2.07. The van der Waals surface area contributed by atoms with E-state index < -0.39 is 0 Å². The zero-order valence-electron chi connectivity index (χ0n) is 12.0. The van der Waals surface area contributed by atoms with Gasteiger partial charge in [0.25, 0.3) is 0 Å². The first-order valence-corrected chi connectivity index (χ1v) is 6.51. The van der Waals surface area contributed by atoms with Gasteiger partial charge < -0.3 is 14.6 Å². The third kappa shape index (κ3) is 4.47. The number of aromatic hydroxyl groups is 1. The van der Waals surface area contributed by atoms with Gasteiger partial charge in [-0.25, -0.2) is 0 Å². The van der Waals surface area contributed by atoms with Gasteiger partial charge in [0.1, 0.15) is 17.2 Å². The maximum absolute atomic E-state index is 9.26. The predicted octanol–water partition coefficient (Wildman–Crippen LogP) is 4.22. The van der Waals surface area contributed by atoms with Crippen LogP contribution in [0.3, 0.4) is 0 Å². The molecule has 112 valence electrons. The second kappa shape index (κ2) is 7.61. The van der Waals surface area contributed by atoms with Crippen molar-refractivity contribution in [1.29, 1.82) is 0 Å². The molecule has 0 aliphatic heterocycles. The molecule has 0 spiro atoms. The molecule has 0 aliphatic rings. The standard InChI is InChI=1S/C16H15N3O3/c1-21-15-8-13(9-16(10-15)22-11-18-19-17)3-2-12-4-6-14(20)7-5-12/h2-10,20H,11H2,1H3/b3-2+. The van der Waals surface area contributed by atoms with Crippen LogP contribution < -0.4 is 9.47 Å². The molecule has 22 heavy (non-hydrogen) atoms. The minimum Gasteiger partial charge on any atom is -0.508 e. The topological polar surface area (TPSA) is 87.5 Å². The van der Waals surface area contributed by atoms with E-state index in [0.717, 1.165) is 11.1 Å². The van der Waals surface area contributed by atoms with Gasteiger partial charge in [-0.3, -0.25) is 0 Å². The number of phenolic OH excluding ortho intramolecular Hbond substituents is 1. The summed E-state index contributed by atoms with van der Waals surface area (Å²) >= 11 is 0. The molecule has 0 unspecified atom stereocenters. The Hall–Kier alpha value is -3.11. The van der Waals surface area contributed by atoms with E-state index >= 15 is 0 Å². The van der Waals surface area contributed by atoms with Gasteiger partial charge in [0.05, 0.1) is 7.11 Å². The average molecular weight is 297 g/mol. The lowest BCUT2D eigenvalue weighted by Crippen LogP contribution is -1.94. The Morgan fingerprint density at radius 3 is 2.45 bits per heavy atom. The van der Waals surface area contributed by atoms with Crippen LogP contribution in [0.15, 0.2) is 47.6 Å². The van der Waals surface area contributed by atoms with Crippen LogP contribution in [-0.2, 0) is 0 Å². The van der Waals surface area contributed by atoms with Crippen LogP contribution in [0.1, 0.15) is 11.1 Å². The highest BCUT2D eigenvalue weighted by Crippen LogP contribution is 2.24. The third-order valence-corrected chi connectivity index (χ3v) is 2.85. The summed E-state index contributed by atoms with van der Waals surface area (Å²) in [5.74, 6) is 1.42. The highest BCUT2D eigenvalue weighted by atomic mass is 16.5. The van der Waals surface area contributed by atoms with Crippen molar-refractivity contribution in [3.8, 4) is 17.2 Å². The third-order valence-electron chi connectivity index (χ3n) is 2.85. The smallest absolute Gasteiger partial charge is 0.167 e. The van der Waals surface area contributed by atoms with Crippen LogP contribution in [-0.4, -0.2) is 18.9 Å². The van der Waals surface area contributed by atoms with Crippen LogP contribution in [0.4, 0.5) is 0 Å². The number of hydrogen-bond acceptors (Lipinski definition) is 4. The van der Waals surface area contributed by atoms with Crippen molar-refractivity contribution in [1.82, 2.24) is 0 Å². The molecule has 0 amide bonds. The zero-order valence-corrected chi connectivity index (χ0v) is 12.0. The number of methoxy groups -OCH3 is 1. The Morgan fingerprint density at radius 1 is 1.09 bits per heavy atom. The number of hydrogen-bond donors (Lipinski definition) is 1. The molecule has 2 aromatic rings. The summed E-state index contributed by atoms with van der Waals surface area (Å²) in [6.07, 6.45) is 3.81. The first-order valence-electron chi connectivity index (χ1n) is 6.51. The van der Waals surface area contributed by atoms with Gasteiger partial charge in [-0.1, -0.05) is 29.4 Å². The Kier molecular flexibility index (Phi) is 5.29. The maximum atomic E-state index is 9.26. The summed E-state index contributed by atoms with van der Waals surface area (Å²) in [6.45, 7) is -0.0786. The molecule has 0 atom stereocenters. The van der Waals surface area contributed by atoms with Crippen LogP contribution in [0, 0.1) is 0 Å². The Labute approximate surface area is 127 Å². The van der Waals surface area contributed by atoms with Crippen LogP contribution in [0.25, 0.3) is 22.6 Å². The van der Waals surface area contributed by atoms with E-state index in [1.54, 1.807) is 25.3 Å². The van der Waals surface area contributed by atoms with Crippen molar-refractivity contribution in [3.63, 3.8) is 0 Å². The Bertz CT molecular complexity index is 705. The summed E-state index contributed by atoms with van der Waals surface area (Å²) in [4.78, 5) is 2.63. The van der Waals surface area contributed by atoms with E-state index in [0.29, 0.717) is 11.5 Å². The fourth-order valence-corrected chi connectivity index (χ4v) is 1.80. The van der Waals surface area contributed by atoms with Crippen LogP contribution in [0.5, 0.6) is 17.2 Å². The van der Waals surface area contributed by atoms with Gasteiger partial charge in [0, 0.05) is 11.0 Å². The highest BCUT2D eigenvalue weighted by molar-refractivity contribution is 5.71. The Morgan fingerprint density at radius 2 is 1.77 bits per heavy atom. The van der Waals surface area contributed by atoms with E-state index in [4.69, 9.17) is 15.0 Å². The normalized spacial score (nSPS) is 10.2. The number of ether oxygens (including phenoxy) is 2. The monoisotopic (exact) mass is 297 g/mol.